The van der Waals surface area contributed by atoms with Crippen LogP contribution in [0.4, 0.5) is 0 Å². The van der Waals surface area contributed by atoms with E-state index in [0.29, 0.717) is 6.54 Å². The van der Waals surface area contributed by atoms with Crippen molar-refractivity contribution in [2.45, 2.75) is 32.0 Å². The Kier molecular flexibility index (Phi) is 5.29. The first-order valence-corrected chi connectivity index (χ1v) is 12.8. The van der Waals surface area contributed by atoms with Crippen LogP contribution >= 0.6 is 0 Å². The fraction of sp³-hybridized carbons (Fsp3) is 0.259. The molecular formula is C27H27NO4S. The van der Waals surface area contributed by atoms with Crippen molar-refractivity contribution in [2.24, 2.45) is 0 Å². The van der Waals surface area contributed by atoms with E-state index < -0.39 is 21.8 Å². The molecule has 5 aromatic rings. The molecule has 0 saturated heterocycles. The van der Waals surface area contributed by atoms with Crippen molar-refractivity contribution >= 4 is 53.2 Å². The zero-order chi connectivity index (χ0) is 23.4. The molecule has 0 spiro atoms. The molecule has 0 radical (unpaired) electrons. The maximum atomic E-state index is 11.5. The third-order valence-corrected chi connectivity index (χ3v) is 7.34. The quantitative estimate of drug-likeness (QED) is 0.204. The Labute approximate surface area is 193 Å². The zero-order valence-corrected chi connectivity index (χ0v) is 19.7. The van der Waals surface area contributed by atoms with E-state index in [1.54, 1.807) is 13.8 Å². The van der Waals surface area contributed by atoms with Crippen LogP contribution in [0.2, 0.25) is 0 Å². The van der Waals surface area contributed by atoms with Gasteiger partial charge in [0.2, 0.25) is 0 Å². The van der Waals surface area contributed by atoms with Gasteiger partial charge in [-0.05, 0) is 62.5 Å². The van der Waals surface area contributed by atoms with Gasteiger partial charge in [0.15, 0.2) is 0 Å². The van der Waals surface area contributed by atoms with E-state index in [9.17, 15) is 13.5 Å². The topological polar surface area (TPSA) is 75.6 Å². The number of hydrogen-bond donors (Lipinski definition) is 2. The second kappa shape index (κ2) is 7.92. The van der Waals surface area contributed by atoms with Crippen molar-refractivity contribution in [3.05, 3.63) is 72.3 Å². The van der Waals surface area contributed by atoms with Gasteiger partial charge in [0, 0.05) is 6.54 Å². The summed E-state index contributed by atoms with van der Waals surface area (Å²) < 4.78 is 28.0. The highest BCUT2D eigenvalue weighted by molar-refractivity contribution is 7.85. The fourth-order valence-corrected chi connectivity index (χ4v) is 5.16. The molecule has 0 aromatic heterocycles. The van der Waals surface area contributed by atoms with E-state index in [1.165, 1.54) is 37.7 Å². The van der Waals surface area contributed by atoms with Gasteiger partial charge in [-0.15, -0.1) is 0 Å². The Balaban J connectivity index is 1.63. The van der Waals surface area contributed by atoms with Crippen molar-refractivity contribution in [3.63, 3.8) is 0 Å². The van der Waals surface area contributed by atoms with E-state index in [0.717, 1.165) is 17.2 Å². The van der Waals surface area contributed by atoms with Gasteiger partial charge >= 0.3 is 0 Å². The molecule has 2 N–H and O–H groups in total. The lowest BCUT2D eigenvalue weighted by atomic mass is 9.88. The van der Waals surface area contributed by atoms with E-state index in [2.05, 4.69) is 72.0 Å². The van der Waals surface area contributed by atoms with Gasteiger partial charge in [-0.1, -0.05) is 66.7 Å². The molecule has 5 aromatic carbocycles. The standard InChI is InChI=1S/C27H27NO4S/c1-17(29)27(2,16-32-33(3,30)31)28-15-19-13-14-24-22-11-5-8-18-7-4-10-21(25(18)22)23-12-6-9-20(19)26(23)24/h4-14,17,28-29H,15-16H2,1-3H3/t17-,27+/m0/s1. The highest BCUT2D eigenvalue weighted by Crippen LogP contribution is 2.40. The molecule has 0 unspecified atom stereocenters. The number of fused-ring (bicyclic) bond motifs is 2. The first-order valence-electron chi connectivity index (χ1n) is 11.0. The van der Waals surface area contributed by atoms with Crippen molar-refractivity contribution < 1.29 is 17.7 Å². The average molecular weight is 462 g/mol. The number of aliphatic hydroxyl groups excluding tert-OH is 1. The van der Waals surface area contributed by atoms with Gasteiger partial charge in [-0.25, -0.2) is 0 Å². The van der Waals surface area contributed by atoms with Gasteiger partial charge in [-0.3, -0.25) is 4.18 Å². The van der Waals surface area contributed by atoms with Gasteiger partial charge in [0.1, 0.15) is 0 Å². The van der Waals surface area contributed by atoms with Crippen LogP contribution in [0.1, 0.15) is 19.4 Å². The number of rotatable bonds is 7. The minimum absolute atomic E-state index is 0.153. The number of benzene rings is 5. The molecule has 0 aliphatic heterocycles. The highest BCUT2D eigenvalue weighted by Gasteiger charge is 2.31. The van der Waals surface area contributed by atoms with Gasteiger partial charge in [0.05, 0.1) is 24.5 Å². The smallest absolute Gasteiger partial charge is 0.264 e. The van der Waals surface area contributed by atoms with Crippen molar-refractivity contribution in [3.8, 4) is 0 Å². The molecule has 0 heterocycles. The number of hydrogen-bond acceptors (Lipinski definition) is 5. The van der Waals surface area contributed by atoms with Crippen LogP contribution in [0.3, 0.4) is 0 Å². The maximum Gasteiger partial charge on any atom is 0.264 e. The molecule has 33 heavy (non-hydrogen) atoms. The Morgan fingerprint density at radius 3 is 2.03 bits per heavy atom. The predicted molar refractivity (Wildman–Crippen MR) is 135 cm³/mol. The lowest BCUT2D eigenvalue weighted by Gasteiger charge is -2.33. The van der Waals surface area contributed by atoms with E-state index >= 15 is 0 Å². The first-order chi connectivity index (χ1) is 15.7. The molecule has 2 atom stereocenters. The Hall–Kier alpha value is -2.77. The summed E-state index contributed by atoms with van der Waals surface area (Å²) in [4.78, 5) is 0. The predicted octanol–water partition coefficient (Wildman–Crippen LogP) is 4.94. The molecular weight excluding hydrogens is 434 g/mol. The summed E-state index contributed by atoms with van der Waals surface area (Å²) in [6.45, 7) is 3.71. The highest BCUT2D eigenvalue weighted by atomic mass is 32.2. The lowest BCUT2D eigenvalue weighted by Crippen LogP contribution is -2.54. The number of nitrogens with one attached hydrogen (secondary N) is 1. The maximum absolute atomic E-state index is 11.5. The third kappa shape index (κ3) is 3.83. The van der Waals surface area contributed by atoms with Gasteiger partial charge < -0.3 is 10.4 Å². The van der Waals surface area contributed by atoms with Crippen LogP contribution in [0.5, 0.6) is 0 Å². The summed E-state index contributed by atoms with van der Waals surface area (Å²) in [6, 6.07) is 23.5. The van der Waals surface area contributed by atoms with E-state index in [4.69, 9.17) is 4.18 Å². The monoisotopic (exact) mass is 461 g/mol. The molecule has 0 bridgehead atoms. The van der Waals surface area contributed by atoms with Gasteiger partial charge in [-0.2, -0.15) is 8.42 Å². The van der Waals surface area contributed by atoms with Gasteiger partial charge in [0.25, 0.3) is 10.1 Å². The van der Waals surface area contributed by atoms with E-state index in [1.807, 2.05) is 0 Å². The molecule has 0 fully saturated rings. The molecule has 0 aliphatic rings. The summed E-state index contributed by atoms with van der Waals surface area (Å²) >= 11 is 0. The van der Waals surface area contributed by atoms with Crippen molar-refractivity contribution in [1.29, 1.82) is 0 Å². The Bertz CT molecular complexity index is 1540. The minimum atomic E-state index is -3.61. The molecule has 0 saturated carbocycles. The summed E-state index contributed by atoms with van der Waals surface area (Å²) in [6.07, 6.45) is 0.198. The van der Waals surface area contributed by atoms with Crippen LogP contribution in [0.15, 0.2) is 66.7 Å². The van der Waals surface area contributed by atoms with Crippen molar-refractivity contribution in [1.82, 2.24) is 5.32 Å². The SMILES string of the molecule is C[C@H](O)[C@@](C)(COS(C)(=O)=O)NCc1ccc2c3cccc4cccc(c5cccc1c52)c43. The molecule has 0 amide bonds. The van der Waals surface area contributed by atoms with Crippen molar-refractivity contribution in [2.75, 3.05) is 12.9 Å². The second-order valence-electron chi connectivity index (χ2n) is 9.12. The first kappa shape index (κ1) is 22.0. The largest absolute Gasteiger partial charge is 0.391 e. The van der Waals surface area contributed by atoms with Crippen LogP contribution in [0, 0.1) is 0 Å². The van der Waals surface area contributed by atoms with Crippen LogP contribution < -0.4 is 5.32 Å². The molecule has 5 rings (SSSR count). The lowest BCUT2D eigenvalue weighted by molar-refractivity contribution is 0.0504. The van der Waals surface area contributed by atoms with Crippen LogP contribution in [0.25, 0.3) is 43.1 Å². The third-order valence-electron chi connectivity index (χ3n) is 6.79. The average Bonchev–Trinajstić information content (AvgIpc) is 2.79. The van der Waals surface area contributed by atoms with Crippen LogP contribution in [-0.4, -0.2) is 38.0 Å². The normalized spacial score (nSPS) is 15.5. The molecule has 6 heteroatoms. The van der Waals surface area contributed by atoms with Crippen LogP contribution in [-0.2, 0) is 20.8 Å². The molecule has 5 nitrogen and oxygen atoms in total. The summed E-state index contributed by atoms with van der Waals surface area (Å²) in [5.74, 6) is 0. The Morgan fingerprint density at radius 2 is 1.42 bits per heavy atom. The minimum Gasteiger partial charge on any atom is -0.391 e. The Morgan fingerprint density at radius 1 is 0.879 bits per heavy atom. The fourth-order valence-electron chi connectivity index (χ4n) is 4.71. The van der Waals surface area contributed by atoms with E-state index in [-0.39, 0.29) is 6.61 Å². The summed E-state index contributed by atoms with van der Waals surface area (Å²) in [5.41, 5.74) is 0.148. The number of aliphatic hydroxyl groups is 1. The summed E-state index contributed by atoms with van der Waals surface area (Å²) in [5, 5.41) is 23.5. The zero-order valence-electron chi connectivity index (χ0n) is 18.9. The summed E-state index contributed by atoms with van der Waals surface area (Å²) in [7, 11) is -3.61. The molecule has 0 aliphatic carbocycles. The molecule has 170 valence electrons. The second-order valence-corrected chi connectivity index (χ2v) is 10.8.